The smallest absolute Gasteiger partial charge is 0.251 e. The van der Waals surface area contributed by atoms with Crippen molar-refractivity contribution in [3.63, 3.8) is 0 Å². The van der Waals surface area contributed by atoms with Crippen LogP contribution in [0, 0.1) is 5.82 Å². The largest absolute Gasteiger partial charge is 0.351 e. The first-order valence-electron chi connectivity index (χ1n) is 5.25. The molecule has 1 amide bonds. The Morgan fingerprint density at radius 2 is 1.88 bits per heavy atom. The second-order valence-corrected chi connectivity index (χ2v) is 4.38. The minimum atomic E-state index is -0.308. The van der Waals surface area contributed by atoms with Crippen molar-refractivity contribution in [1.82, 2.24) is 5.32 Å². The maximum atomic E-state index is 13.5. The molecule has 0 bridgehead atoms. The van der Waals surface area contributed by atoms with Gasteiger partial charge in [-0.3, -0.25) is 4.79 Å². The molecule has 2 aromatic carbocycles. The fourth-order valence-corrected chi connectivity index (χ4v) is 1.91. The standard InChI is InChI=1S/C13H11BrFNO/c14-7-8-16-13(17)11-5-6-12(15)10-4-2-1-3-9(10)11/h1-6H,7-8H2,(H,16,17). The molecule has 2 nitrogen and oxygen atoms in total. The predicted octanol–water partition coefficient (Wildman–Crippen LogP) is 3.10. The minimum absolute atomic E-state index is 0.180. The summed E-state index contributed by atoms with van der Waals surface area (Å²) in [5, 5.41) is 4.55. The number of halogens is 2. The maximum Gasteiger partial charge on any atom is 0.251 e. The summed E-state index contributed by atoms with van der Waals surface area (Å²) >= 11 is 3.24. The summed E-state index contributed by atoms with van der Waals surface area (Å²) in [6.07, 6.45) is 0. The van der Waals surface area contributed by atoms with Gasteiger partial charge in [0.05, 0.1) is 0 Å². The van der Waals surface area contributed by atoms with Gasteiger partial charge in [0, 0.05) is 22.8 Å². The highest BCUT2D eigenvalue weighted by Crippen LogP contribution is 2.21. The Labute approximate surface area is 107 Å². The Morgan fingerprint density at radius 1 is 1.18 bits per heavy atom. The van der Waals surface area contributed by atoms with Gasteiger partial charge >= 0.3 is 0 Å². The molecular weight excluding hydrogens is 285 g/mol. The first-order chi connectivity index (χ1) is 8.24. The van der Waals surface area contributed by atoms with Crippen molar-refractivity contribution in [1.29, 1.82) is 0 Å². The van der Waals surface area contributed by atoms with Crippen molar-refractivity contribution in [2.45, 2.75) is 0 Å². The predicted molar refractivity (Wildman–Crippen MR) is 70.0 cm³/mol. The average Bonchev–Trinajstić information content (AvgIpc) is 2.37. The molecule has 0 aliphatic heterocycles. The van der Waals surface area contributed by atoms with Crippen molar-refractivity contribution in [3.05, 3.63) is 47.8 Å². The van der Waals surface area contributed by atoms with Gasteiger partial charge in [-0.05, 0) is 17.5 Å². The molecule has 0 radical (unpaired) electrons. The number of alkyl halides is 1. The van der Waals surface area contributed by atoms with Crippen LogP contribution in [0.1, 0.15) is 10.4 Å². The molecule has 0 aliphatic carbocycles. The molecule has 0 unspecified atom stereocenters. The summed E-state index contributed by atoms with van der Waals surface area (Å²) in [6.45, 7) is 0.546. The van der Waals surface area contributed by atoms with Crippen LogP contribution in [0.5, 0.6) is 0 Å². The zero-order chi connectivity index (χ0) is 12.3. The number of rotatable bonds is 3. The quantitative estimate of drug-likeness (QED) is 0.866. The molecule has 0 heterocycles. The van der Waals surface area contributed by atoms with Gasteiger partial charge in [0.1, 0.15) is 5.82 Å². The number of hydrogen-bond acceptors (Lipinski definition) is 1. The summed E-state index contributed by atoms with van der Waals surface area (Å²) in [4.78, 5) is 11.9. The molecule has 0 atom stereocenters. The van der Waals surface area contributed by atoms with Crippen LogP contribution in [0.3, 0.4) is 0 Å². The molecule has 0 saturated carbocycles. The fourth-order valence-electron chi connectivity index (χ4n) is 1.72. The van der Waals surface area contributed by atoms with E-state index in [0.717, 1.165) is 0 Å². The Morgan fingerprint density at radius 3 is 2.59 bits per heavy atom. The van der Waals surface area contributed by atoms with Crippen LogP contribution in [-0.4, -0.2) is 17.8 Å². The lowest BCUT2D eigenvalue weighted by atomic mass is 10.0. The Bertz CT molecular complexity index is 556. The number of carbonyl (C=O) groups is 1. The lowest BCUT2D eigenvalue weighted by molar-refractivity contribution is 0.0958. The van der Waals surface area contributed by atoms with Gasteiger partial charge in [0.2, 0.25) is 0 Å². The Kier molecular flexibility index (Phi) is 3.74. The first kappa shape index (κ1) is 12.0. The van der Waals surface area contributed by atoms with Crippen molar-refractivity contribution in [2.75, 3.05) is 11.9 Å². The first-order valence-corrected chi connectivity index (χ1v) is 6.37. The normalized spacial score (nSPS) is 10.5. The molecule has 4 heteroatoms. The van der Waals surface area contributed by atoms with Gasteiger partial charge in [0.15, 0.2) is 0 Å². The topological polar surface area (TPSA) is 29.1 Å². The lowest BCUT2D eigenvalue weighted by Crippen LogP contribution is -2.25. The summed E-state index contributed by atoms with van der Waals surface area (Å²) < 4.78 is 13.5. The SMILES string of the molecule is O=C(NCCBr)c1ccc(F)c2ccccc12. The van der Waals surface area contributed by atoms with E-state index in [2.05, 4.69) is 21.2 Å². The van der Waals surface area contributed by atoms with E-state index in [-0.39, 0.29) is 11.7 Å². The zero-order valence-electron chi connectivity index (χ0n) is 9.04. The second-order valence-electron chi connectivity index (χ2n) is 3.59. The highest BCUT2D eigenvalue weighted by molar-refractivity contribution is 9.09. The van der Waals surface area contributed by atoms with Gasteiger partial charge < -0.3 is 5.32 Å². The average molecular weight is 296 g/mol. The van der Waals surface area contributed by atoms with E-state index in [1.165, 1.54) is 12.1 Å². The van der Waals surface area contributed by atoms with Crippen LogP contribution in [0.15, 0.2) is 36.4 Å². The van der Waals surface area contributed by atoms with Crippen LogP contribution in [0.4, 0.5) is 4.39 Å². The molecule has 2 rings (SSSR count). The third kappa shape index (κ3) is 2.47. The van der Waals surface area contributed by atoms with E-state index in [1.54, 1.807) is 24.3 Å². The molecule has 88 valence electrons. The molecule has 0 fully saturated rings. The highest BCUT2D eigenvalue weighted by atomic mass is 79.9. The van der Waals surface area contributed by atoms with E-state index in [9.17, 15) is 9.18 Å². The molecular formula is C13H11BrFNO. The number of fused-ring (bicyclic) bond motifs is 1. The van der Waals surface area contributed by atoms with Crippen molar-refractivity contribution >= 4 is 32.6 Å². The summed E-state index contributed by atoms with van der Waals surface area (Å²) in [5.41, 5.74) is 0.503. The van der Waals surface area contributed by atoms with E-state index in [1.807, 2.05) is 0 Å². The van der Waals surface area contributed by atoms with E-state index in [4.69, 9.17) is 0 Å². The number of hydrogen-bond donors (Lipinski definition) is 1. The van der Waals surface area contributed by atoms with Crippen LogP contribution in [0.2, 0.25) is 0 Å². The van der Waals surface area contributed by atoms with Gasteiger partial charge in [-0.2, -0.15) is 0 Å². The third-order valence-electron chi connectivity index (χ3n) is 2.50. The van der Waals surface area contributed by atoms with Gasteiger partial charge in [-0.25, -0.2) is 4.39 Å². The minimum Gasteiger partial charge on any atom is -0.351 e. The van der Waals surface area contributed by atoms with E-state index < -0.39 is 0 Å². The number of amides is 1. The van der Waals surface area contributed by atoms with Crippen LogP contribution >= 0.6 is 15.9 Å². The van der Waals surface area contributed by atoms with Crippen LogP contribution in [-0.2, 0) is 0 Å². The molecule has 17 heavy (non-hydrogen) atoms. The van der Waals surface area contributed by atoms with Gasteiger partial charge in [-0.15, -0.1) is 0 Å². The third-order valence-corrected chi connectivity index (χ3v) is 2.89. The number of carbonyl (C=O) groups excluding carboxylic acids is 1. The van der Waals surface area contributed by atoms with E-state index in [0.29, 0.717) is 28.2 Å². The number of benzene rings is 2. The van der Waals surface area contributed by atoms with Crippen LogP contribution < -0.4 is 5.32 Å². The number of nitrogens with one attached hydrogen (secondary N) is 1. The van der Waals surface area contributed by atoms with Crippen molar-refractivity contribution in [2.24, 2.45) is 0 Å². The van der Waals surface area contributed by atoms with Crippen molar-refractivity contribution in [3.8, 4) is 0 Å². The van der Waals surface area contributed by atoms with Crippen molar-refractivity contribution < 1.29 is 9.18 Å². The summed E-state index contributed by atoms with van der Waals surface area (Å²) in [7, 11) is 0. The van der Waals surface area contributed by atoms with Gasteiger partial charge in [0.25, 0.3) is 5.91 Å². The van der Waals surface area contributed by atoms with E-state index >= 15 is 0 Å². The highest BCUT2D eigenvalue weighted by Gasteiger charge is 2.11. The Hall–Kier alpha value is -1.42. The van der Waals surface area contributed by atoms with Gasteiger partial charge in [-0.1, -0.05) is 40.2 Å². The molecule has 0 aliphatic rings. The fraction of sp³-hybridized carbons (Fsp3) is 0.154. The summed E-state index contributed by atoms with van der Waals surface area (Å²) in [6, 6.07) is 9.81. The zero-order valence-corrected chi connectivity index (χ0v) is 10.6. The second kappa shape index (κ2) is 5.27. The molecule has 0 spiro atoms. The Balaban J connectivity index is 2.48. The maximum absolute atomic E-state index is 13.5. The molecule has 0 aromatic heterocycles. The summed E-state index contributed by atoms with van der Waals surface area (Å²) in [5.74, 6) is -0.488. The lowest BCUT2D eigenvalue weighted by Gasteiger charge is -2.07. The molecule has 0 saturated heterocycles. The molecule has 2 aromatic rings. The monoisotopic (exact) mass is 295 g/mol. The molecule has 1 N–H and O–H groups in total. The van der Waals surface area contributed by atoms with Crippen LogP contribution in [0.25, 0.3) is 10.8 Å².